The molecule has 1 aliphatic rings. The van der Waals surface area contributed by atoms with Crippen LogP contribution in [0.25, 0.3) is 11.2 Å². The number of nitrogen functional groups attached to an aromatic ring is 1. The van der Waals surface area contributed by atoms with E-state index in [1.54, 1.807) is 0 Å². The van der Waals surface area contributed by atoms with Crippen LogP contribution in [0, 0.1) is 0 Å². The first-order chi connectivity index (χ1) is 19.5. The van der Waals surface area contributed by atoms with E-state index in [-0.39, 0.29) is 28.8 Å². The molecule has 6 atom stereocenters. The quantitative estimate of drug-likeness (QED) is 0.0805. The Hall–Kier alpha value is -2.09. The predicted octanol–water partition coefficient (Wildman–Crippen LogP) is -0.521. The second-order valence-corrected chi connectivity index (χ2v) is 13.4. The molecule has 42 heavy (non-hydrogen) atoms. The van der Waals surface area contributed by atoms with Crippen LogP contribution in [0.1, 0.15) is 38.8 Å². The Kier molecular flexibility index (Phi) is 11.6. The molecule has 21 nitrogen and oxygen atoms in total. The van der Waals surface area contributed by atoms with Crippen LogP contribution in [0.15, 0.2) is 6.33 Å². The number of amides is 1. The summed E-state index contributed by atoms with van der Waals surface area (Å²) in [6.45, 7) is 1.43. The summed E-state index contributed by atoms with van der Waals surface area (Å²) < 4.78 is 53.2. The third-order valence-corrected chi connectivity index (χ3v) is 9.48. The number of phosphoric acid groups is 3. The average molecular weight is 663 g/mol. The number of imidazole rings is 1. The number of nitrogens with zero attached hydrogens (tertiary/aromatic N) is 4. The molecule has 1 aliphatic heterocycles. The molecule has 0 aromatic carbocycles. The molecule has 2 aromatic heterocycles. The van der Waals surface area contributed by atoms with E-state index in [1.165, 1.54) is 11.5 Å². The molecule has 1 amide bonds. The summed E-state index contributed by atoms with van der Waals surface area (Å²) in [7, 11) is -16.9. The average Bonchev–Trinajstić information content (AvgIpc) is 3.34. The number of carbonyl (C=O) groups excluding carboxylic acids is 1. The molecule has 3 rings (SSSR count). The second-order valence-electron chi connectivity index (χ2n) is 8.99. The number of phosphoric ester groups is 1. The van der Waals surface area contributed by atoms with Crippen LogP contribution in [-0.4, -0.2) is 93.2 Å². The SMILES string of the molecule is CC(=O)NCCCCCCNc1nc2c(N)ncnc2n1C1O[C@H](COP(=O)(O)OP(=O)(O)OP(=O)(O)O)[C@@H](O)[C@H]1O. The number of nitrogens with one attached hydrogen (secondary N) is 2. The monoisotopic (exact) mass is 663 g/mol. The molecule has 0 radical (unpaired) electrons. The topological polar surface area (TPSA) is 320 Å². The number of unbranched alkanes of at least 4 members (excludes halogenated alkanes) is 3. The molecule has 2 aromatic rings. The fraction of sp³-hybridized carbons (Fsp3) is 0.667. The van der Waals surface area contributed by atoms with Gasteiger partial charge in [-0.05, 0) is 12.8 Å². The number of aromatic nitrogens is 4. The summed E-state index contributed by atoms with van der Waals surface area (Å²) in [5.41, 5.74) is 6.19. The molecule has 24 heteroatoms. The molecule has 0 bridgehead atoms. The van der Waals surface area contributed by atoms with Gasteiger partial charge in [0.15, 0.2) is 23.2 Å². The van der Waals surface area contributed by atoms with Crippen LogP contribution in [0.4, 0.5) is 11.8 Å². The molecule has 3 heterocycles. The molecule has 0 aliphatic carbocycles. The zero-order valence-corrected chi connectivity index (χ0v) is 24.7. The van der Waals surface area contributed by atoms with Gasteiger partial charge in [0.25, 0.3) is 0 Å². The van der Waals surface area contributed by atoms with Crippen molar-refractivity contribution in [1.29, 1.82) is 0 Å². The largest absolute Gasteiger partial charge is 0.490 e. The van der Waals surface area contributed by atoms with Gasteiger partial charge >= 0.3 is 23.5 Å². The van der Waals surface area contributed by atoms with Gasteiger partial charge in [0.1, 0.15) is 24.6 Å². The first-order valence-electron chi connectivity index (χ1n) is 12.3. The number of anilines is 2. The molecule has 3 unspecified atom stereocenters. The van der Waals surface area contributed by atoms with Gasteiger partial charge in [0, 0.05) is 20.0 Å². The van der Waals surface area contributed by atoms with Crippen molar-refractivity contribution >= 4 is 52.3 Å². The number of ether oxygens (including phenoxy) is 1. The van der Waals surface area contributed by atoms with Crippen molar-refractivity contribution in [1.82, 2.24) is 24.8 Å². The third-order valence-electron chi connectivity index (χ3n) is 5.68. The van der Waals surface area contributed by atoms with Crippen LogP contribution < -0.4 is 16.4 Å². The number of aliphatic hydroxyl groups excluding tert-OH is 2. The van der Waals surface area contributed by atoms with Gasteiger partial charge < -0.3 is 50.9 Å². The minimum absolute atomic E-state index is 0.0111. The molecule has 0 saturated carbocycles. The van der Waals surface area contributed by atoms with Gasteiger partial charge in [-0.1, -0.05) is 12.8 Å². The van der Waals surface area contributed by atoms with E-state index < -0.39 is 54.6 Å². The number of hydrogen-bond acceptors (Lipinski definition) is 15. The Labute approximate surface area is 237 Å². The smallest absolute Gasteiger partial charge is 0.387 e. The minimum atomic E-state index is -5.76. The highest BCUT2D eigenvalue weighted by molar-refractivity contribution is 7.66. The maximum Gasteiger partial charge on any atom is 0.490 e. The van der Waals surface area contributed by atoms with E-state index in [1.807, 2.05) is 0 Å². The number of aliphatic hydroxyl groups is 2. The molecule has 238 valence electrons. The van der Waals surface area contributed by atoms with Crippen molar-refractivity contribution in [2.75, 3.05) is 30.7 Å². The first-order valence-corrected chi connectivity index (χ1v) is 16.8. The van der Waals surface area contributed by atoms with Gasteiger partial charge in [-0.3, -0.25) is 13.9 Å². The highest BCUT2D eigenvalue weighted by Crippen LogP contribution is 2.66. The number of nitrogens with two attached hydrogens (primary N) is 1. The summed E-state index contributed by atoms with van der Waals surface area (Å²) in [5.74, 6) is 0.0490. The zero-order chi connectivity index (χ0) is 31.3. The normalized spacial score (nSPS) is 23.9. The Morgan fingerprint density at radius 1 is 1.02 bits per heavy atom. The highest BCUT2D eigenvalue weighted by Gasteiger charge is 2.47. The van der Waals surface area contributed by atoms with E-state index in [2.05, 4.69) is 38.7 Å². The minimum Gasteiger partial charge on any atom is -0.387 e. The molecule has 1 fully saturated rings. The van der Waals surface area contributed by atoms with E-state index in [9.17, 15) is 38.5 Å². The standard InChI is InChI=1S/C18H32N7O14P3/c1-10(26)20-6-4-2-3-5-7-21-18-24-12-15(19)22-9-23-16(12)25(18)17-14(28)13(27)11(37-17)8-36-41(32,33)39-42(34,35)38-40(29,30)31/h9,11,13-14,17,27-28H,2-8H2,1H3,(H,20,26)(H,21,24)(H,32,33)(H,34,35)(H2,19,22,23)(H2,29,30,31)/t11-,13-,14-,17?/m1/s1. The fourth-order valence-electron chi connectivity index (χ4n) is 3.91. The highest BCUT2D eigenvalue weighted by atomic mass is 31.3. The number of rotatable bonds is 16. The van der Waals surface area contributed by atoms with Crippen molar-refractivity contribution in [3.8, 4) is 0 Å². The summed E-state index contributed by atoms with van der Waals surface area (Å²) in [6, 6.07) is 0. The summed E-state index contributed by atoms with van der Waals surface area (Å²) >= 11 is 0. The molecule has 10 N–H and O–H groups in total. The summed E-state index contributed by atoms with van der Waals surface area (Å²) in [5, 5.41) is 27.1. The second kappa shape index (κ2) is 14.1. The van der Waals surface area contributed by atoms with E-state index >= 15 is 0 Å². The fourth-order valence-corrected chi connectivity index (χ4v) is 6.94. The molecule has 0 spiro atoms. The van der Waals surface area contributed by atoms with Crippen molar-refractivity contribution in [3.63, 3.8) is 0 Å². The van der Waals surface area contributed by atoms with Crippen molar-refractivity contribution < 1.29 is 66.2 Å². The zero-order valence-electron chi connectivity index (χ0n) is 22.0. The lowest BCUT2D eigenvalue weighted by molar-refractivity contribution is -0.118. The van der Waals surface area contributed by atoms with Crippen molar-refractivity contribution in [2.24, 2.45) is 0 Å². The Balaban J connectivity index is 1.69. The van der Waals surface area contributed by atoms with Crippen LogP contribution in [0.5, 0.6) is 0 Å². The van der Waals surface area contributed by atoms with Crippen LogP contribution in [0.2, 0.25) is 0 Å². The third kappa shape index (κ3) is 9.72. The number of hydrogen-bond donors (Lipinski definition) is 9. The first kappa shape index (κ1) is 34.4. The Morgan fingerprint density at radius 3 is 2.33 bits per heavy atom. The van der Waals surface area contributed by atoms with Gasteiger partial charge in [0.2, 0.25) is 11.9 Å². The van der Waals surface area contributed by atoms with E-state index in [0.29, 0.717) is 19.5 Å². The summed E-state index contributed by atoms with van der Waals surface area (Å²) in [4.78, 5) is 59.6. The van der Waals surface area contributed by atoms with Crippen LogP contribution >= 0.6 is 23.5 Å². The maximum absolute atomic E-state index is 12.1. The van der Waals surface area contributed by atoms with Crippen molar-refractivity contribution in [2.45, 2.75) is 57.1 Å². The van der Waals surface area contributed by atoms with Crippen molar-refractivity contribution in [3.05, 3.63) is 6.33 Å². The molecule has 1 saturated heterocycles. The molecular formula is C18H32N7O14P3. The Morgan fingerprint density at radius 2 is 1.69 bits per heavy atom. The van der Waals surface area contributed by atoms with E-state index in [0.717, 1.165) is 25.6 Å². The lowest BCUT2D eigenvalue weighted by Gasteiger charge is -2.20. The number of carbonyl (C=O) groups is 1. The lowest BCUT2D eigenvalue weighted by Crippen LogP contribution is -2.33. The lowest BCUT2D eigenvalue weighted by atomic mass is 10.1. The van der Waals surface area contributed by atoms with Crippen LogP contribution in [-0.2, 0) is 36.4 Å². The number of fused-ring (bicyclic) bond motifs is 1. The summed E-state index contributed by atoms with van der Waals surface area (Å²) in [6.07, 6.45) is -2.03. The van der Waals surface area contributed by atoms with Crippen LogP contribution in [0.3, 0.4) is 0 Å². The van der Waals surface area contributed by atoms with Gasteiger partial charge in [-0.25, -0.2) is 28.6 Å². The van der Waals surface area contributed by atoms with Gasteiger partial charge in [-0.2, -0.15) is 8.62 Å². The van der Waals surface area contributed by atoms with Gasteiger partial charge in [0.05, 0.1) is 6.61 Å². The van der Waals surface area contributed by atoms with E-state index in [4.69, 9.17) is 20.3 Å². The maximum atomic E-state index is 12.1. The molecular weight excluding hydrogens is 631 g/mol. The Bertz CT molecular complexity index is 1390. The van der Waals surface area contributed by atoms with Gasteiger partial charge in [-0.15, -0.1) is 0 Å². The predicted molar refractivity (Wildman–Crippen MR) is 141 cm³/mol.